The highest BCUT2D eigenvalue weighted by molar-refractivity contribution is 5.95. The summed E-state index contributed by atoms with van der Waals surface area (Å²) in [6.45, 7) is 4.35. The van der Waals surface area contributed by atoms with Crippen molar-refractivity contribution in [3.63, 3.8) is 0 Å². The van der Waals surface area contributed by atoms with Gasteiger partial charge in [0.05, 0.1) is 31.3 Å². The van der Waals surface area contributed by atoms with Crippen LogP contribution < -0.4 is 5.73 Å². The zero-order chi connectivity index (χ0) is 28.7. The lowest BCUT2D eigenvalue weighted by Crippen LogP contribution is -2.76. The van der Waals surface area contributed by atoms with Crippen molar-refractivity contribution < 1.29 is 44.2 Å². The topological polar surface area (TPSA) is 164 Å². The van der Waals surface area contributed by atoms with Crippen LogP contribution in [0.25, 0.3) is 0 Å². The van der Waals surface area contributed by atoms with Crippen molar-refractivity contribution in [2.24, 2.45) is 17.6 Å². The maximum atomic E-state index is 12.8. The van der Waals surface area contributed by atoms with Crippen LogP contribution in [0.15, 0.2) is 40.9 Å². The molecular formula is C28H38N2O9. The van der Waals surface area contributed by atoms with Crippen LogP contribution in [-0.2, 0) is 35.9 Å². The Morgan fingerprint density at radius 1 is 1.18 bits per heavy atom. The number of amides is 1. The smallest absolute Gasteiger partial charge is 0.253 e. The third-order valence-electron chi connectivity index (χ3n) is 9.22. The van der Waals surface area contributed by atoms with E-state index in [9.17, 15) is 25.2 Å². The molecule has 1 fully saturated rings. The molecule has 3 aliphatic carbocycles. The second-order valence-electron chi connectivity index (χ2n) is 11.0. The fourth-order valence-electron chi connectivity index (χ4n) is 7.74. The molecule has 214 valence electrons. The molecule has 1 amide bonds. The average molecular weight is 547 g/mol. The Bertz CT molecular complexity index is 1250. The largest absolute Gasteiger partial charge is 0.510 e. The molecule has 1 spiro atoms. The maximum absolute atomic E-state index is 12.8. The highest BCUT2D eigenvalue weighted by Gasteiger charge is 2.76. The molecule has 0 radical (unpaired) electrons. The number of hydrogen-bond acceptors (Lipinski definition) is 10. The van der Waals surface area contributed by atoms with Crippen molar-refractivity contribution in [3.05, 3.63) is 57.6 Å². The summed E-state index contributed by atoms with van der Waals surface area (Å²) in [7, 11) is 5.56. The quantitative estimate of drug-likeness (QED) is 0.336. The van der Waals surface area contributed by atoms with E-state index in [4.69, 9.17) is 24.7 Å². The van der Waals surface area contributed by atoms with E-state index in [2.05, 4.69) is 0 Å². The standard InChI is InChI=1S/C28H38N2O9/c1-7-14-9-8-10-15-13(2)16-18(27(17(14)15)38-11-12-39-27)24(33)26(35)19(22(16)31)21(30(3)4)23(32)20(25(29)34)28(26,36-5)37-6/h8-10,13,16,19,21-22,31-33,35H,7,11-12H2,1-6H3,(H2,29,34)/t13-,16+,19+,21-,22-,26-/m0/s1. The second kappa shape index (κ2) is 9.27. The van der Waals surface area contributed by atoms with E-state index in [0.29, 0.717) is 6.42 Å². The Labute approximate surface area is 227 Å². The van der Waals surface area contributed by atoms with Gasteiger partial charge in [-0.05, 0) is 37.6 Å². The number of hydrogen-bond donors (Lipinski definition) is 5. The zero-order valence-corrected chi connectivity index (χ0v) is 23.1. The highest BCUT2D eigenvalue weighted by atomic mass is 16.7. The molecule has 0 saturated carbocycles. The van der Waals surface area contributed by atoms with Crippen LogP contribution in [-0.4, -0.2) is 96.3 Å². The molecule has 0 bridgehead atoms. The maximum Gasteiger partial charge on any atom is 0.253 e. The predicted molar refractivity (Wildman–Crippen MR) is 138 cm³/mol. The number of nitrogens with two attached hydrogens (primary N) is 1. The normalized spacial score (nSPS) is 34.7. The second-order valence-corrected chi connectivity index (χ2v) is 11.0. The minimum Gasteiger partial charge on any atom is -0.510 e. The lowest BCUT2D eigenvalue weighted by molar-refractivity contribution is -0.318. The van der Waals surface area contributed by atoms with Gasteiger partial charge in [-0.25, -0.2) is 0 Å². The van der Waals surface area contributed by atoms with Crippen LogP contribution in [0.5, 0.6) is 0 Å². The zero-order valence-electron chi connectivity index (χ0n) is 23.1. The predicted octanol–water partition coefficient (Wildman–Crippen LogP) is 0.946. The van der Waals surface area contributed by atoms with Gasteiger partial charge in [0.1, 0.15) is 17.1 Å². The summed E-state index contributed by atoms with van der Waals surface area (Å²) in [4.78, 5) is 14.3. The monoisotopic (exact) mass is 546 g/mol. The molecule has 6 N–H and O–H groups in total. The Morgan fingerprint density at radius 2 is 1.79 bits per heavy atom. The minimum atomic E-state index is -2.60. The fourth-order valence-corrected chi connectivity index (χ4v) is 7.74. The van der Waals surface area contributed by atoms with Crippen molar-refractivity contribution in [1.29, 1.82) is 0 Å². The summed E-state index contributed by atoms with van der Waals surface area (Å²) < 4.78 is 24.0. The number of benzene rings is 1. The Hall–Kier alpha value is -2.51. The first-order chi connectivity index (χ1) is 18.4. The van der Waals surface area contributed by atoms with Gasteiger partial charge < -0.3 is 45.1 Å². The van der Waals surface area contributed by atoms with Gasteiger partial charge in [-0.1, -0.05) is 32.0 Å². The van der Waals surface area contributed by atoms with E-state index in [1.54, 1.807) is 19.0 Å². The summed E-state index contributed by atoms with van der Waals surface area (Å²) in [5.41, 5.74) is 5.23. The van der Waals surface area contributed by atoms with Gasteiger partial charge in [-0.3, -0.25) is 9.69 Å². The number of likely N-dealkylation sites (N-methyl/N-ethyl adjacent to an activating group) is 1. The van der Waals surface area contributed by atoms with Gasteiger partial charge in [-0.15, -0.1) is 0 Å². The Morgan fingerprint density at radius 3 is 2.31 bits per heavy atom. The molecule has 4 aliphatic rings. The number of nitrogens with zero attached hydrogens (tertiary/aromatic N) is 1. The molecule has 11 nitrogen and oxygen atoms in total. The van der Waals surface area contributed by atoms with E-state index in [-0.39, 0.29) is 24.7 Å². The van der Waals surface area contributed by atoms with Crippen LogP contribution in [0.3, 0.4) is 0 Å². The van der Waals surface area contributed by atoms with E-state index in [1.807, 2.05) is 32.0 Å². The number of methoxy groups -OCH3 is 2. The van der Waals surface area contributed by atoms with Gasteiger partial charge in [0.2, 0.25) is 11.6 Å². The Balaban J connectivity index is 1.94. The van der Waals surface area contributed by atoms with Crippen molar-refractivity contribution in [1.82, 2.24) is 4.90 Å². The number of ether oxygens (including phenoxy) is 4. The molecule has 1 saturated heterocycles. The van der Waals surface area contributed by atoms with Crippen molar-refractivity contribution in [3.8, 4) is 0 Å². The molecule has 6 atom stereocenters. The molecule has 5 rings (SSSR count). The first-order valence-electron chi connectivity index (χ1n) is 13.2. The first-order valence-corrected chi connectivity index (χ1v) is 13.2. The van der Waals surface area contributed by atoms with Gasteiger partial charge in [0.25, 0.3) is 5.91 Å². The fraction of sp³-hybridized carbons (Fsp3) is 0.607. The molecule has 1 aromatic carbocycles. The van der Waals surface area contributed by atoms with Crippen molar-refractivity contribution in [2.75, 3.05) is 41.5 Å². The van der Waals surface area contributed by atoms with Crippen LogP contribution >= 0.6 is 0 Å². The number of aliphatic hydroxyl groups is 4. The summed E-state index contributed by atoms with van der Waals surface area (Å²) in [6.07, 6.45) is -0.753. The van der Waals surface area contributed by atoms with Gasteiger partial charge in [-0.2, -0.15) is 0 Å². The molecular weight excluding hydrogens is 508 g/mol. The SMILES string of the molecule is CCc1cccc2c1C1(OCCO1)C1=C(O)[C@@]3(O)[C@@H]([C@@H](O)[C@@H]1[C@H]2C)[C@H](N(C)C)C(O)=C(C(N)=O)C3(OC)OC. The van der Waals surface area contributed by atoms with E-state index < -0.39 is 64.2 Å². The molecule has 39 heavy (non-hydrogen) atoms. The summed E-state index contributed by atoms with van der Waals surface area (Å²) >= 11 is 0. The highest BCUT2D eigenvalue weighted by Crippen LogP contribution is 2.64. The van der Waals surface area contributed by atoms with Crippen LogP contribution in [0.4, 0.5) is 0 Å². The van der Waals surface area contributed by atoms with Gasteiger partial charge in [0, 0.05) is 31.3 Å². The molecule has 1 aliphatic heterocycles. The van der Waals surface area contributed by atoms with Crippen LogP contribution in [0.2, 0.25) is 0 Å². The number of aliphatic hydroxyl groups excluding tert-OH is 3. The number of primary amides is 1. The lowest BCUT2D eigenvalue weighted by atomic mass is 9.52. The Kier molecular flexibility index (Phi) is 6.66. The number of fused-ring (bicyclic) bond motifs is 5. The third-order valence-corrected chi connectivity index (χ3v) is 9.22. The first kappa shape index (κ1) is 28.0. The van der Waals surface area contributed by atoms with Crippen molar-refractivity contribution in [2.45, 2.75) is 55.5 Å². The summed E-state index contributed by atoms with van der Waals surface area (Å²) in [5.74, 6) is -8.84. The summed E-state index contributed by atoms with van der Waals surface area (Å²) in [5, 5.41) is 48.7. The molecule has 1 aromatic rings. The number of rotatable bonds is 5. The third kappa shape index (κ3) is 3.20. The van der Waals surface area contributed by atoms with Crippen LogP contribution in [0, 0.1) is 11.8 Å². The van der Waals surface area contributed by atoms with E-state index in [0.717, 1.165) is 30.9 Å². The molecule has 0 aromatic heterocycles. The molecule has 0 unspecified atom stereocenters. The number of carbonyl (C=O) groups excluding carboxylic acids is 1. The summed E-state index contributed by atoms with van der Waals surface area (Å²) in [6, 6.07) is 4.70. The number of aryl methyl sites for hydroxylation is 1. The molecule has 1 heterocycles. The van der Waals surface area contributed by atoms with Crippen LogP contribution in [0.1, 0.15) is 36.5 Å². The minimum absolute atomic E-state index is 0.133. The lowest BCUT2D eigenvalue weighted by Gasteiger charge is -2.61. The van der Waals surface area contributed by atoms with Gasteiger partial charge >= 0.3 is 0 Å². The number of carbonyl (C=O) groups is 1. The molecule has 11 heteroatoms. The van der Waals surface area contributed by atoms with E-state index in [1.165, 1.54) is 0 Å². The van der Waals surface area contributed by atoms with Gasteiger partial charge in [0.15, 0.2) is 5.60 Å². The van der Waals surface area contributed by atoms with E-state index >= 15 is 0 Å². The van der Waals surface area contributed by atoms with Crippen molar-refractivity contribution >= 4 is 5.91 Å². The average Bonchev–Trinajstić information content (AvgIpc) is 3.38.